The summed E-state index contributed by atoms with van der Waals surface area (Å²) < 4.78 is 29.0. The summed E-state index contributed by atoms with van der Waals surface area (Å²) in [5.74, 6) is 1.06. The van der Waals surface area contributed by atoms with Gasteiger partial charge in [-0.1, -0.05) is 54.6 Å². The summed E-state index contributed by atoms with van der Waals surface area (Å²) in [6.07, 6.45) is 0.741. The lowest BCUT2D eigenvalue weighted by molar-refractivity contribution is -0.158. The first-order chi connectivity index (χ1) is 25.8. The summed E-state index contributed by atoms with van der Waals surface area (Å²) in [6.45, 7) is 11.1. The van der Waals surface area contributed by atoms with Gasteiger partial charge in [-0.2, -0.15) is 0 Å². The van der Waals surface area contributed by atoms with Crippen molar-refractivity contribution in [2.24, 2.45) is 0 Å². The summed E-state index contributed by atoms with van der Waals surface area (Å²) >= 11 is 0. The van der Waals surface area contributed by atoms with Crippen LogP contribution < -0.4 is 14.2 Å². The molecule has 0 aliphatic carbocycles. The highest BCUT2D eigenvalue weighted by molar-refractivity contribution is 7.97. The number of hydrogen-bond donors (Lipinski definition) is 0. The fraction of sp³-hybridized carbons (Fsp3) is 0.261. The van der Waals surface area contributed by atoms with Gasteiger partial charge in [-0.15, -0.1) is 0 Å². The SMILES string of the molecule is CC(C)(C)OC(=O)COc1ccc([S+](c2ccc(OCC(=O)OC(C)(C)C)cc2)c2ccccc2OCCc2cccc3cc4ccccc4cc23)cc1. The van der Waals surface area contributed by atoms with Crippen molar-refractivity contribution in [1.29, 1.82) is 0 Å². The lowest BCUT2D eigenvalue weighted by Gasteiger charge is -2.19. The summed E-state index contributed by atoms with van der Waals surface area (Å²) in [6, 6.07) is 43.1. The van der Waals surface area contributed by atoms with Gasteiger partial charge in [0.05, 0.1) is 6.61 Å². The number of fused-ring (bicyclic) bond motifs is 2. The van der Waals surface area contributed by atoms with Crippen molar-refractivity contribution in [3.05, 3.63) is 133 Å². The molecule has 6 rings (SSSR count). The Kier molecular flexibility index (Phi) is 11.8. The Morgan fingerprint density at radius 1 is 0.537 bits per heavy atom. The van der Waals surface area contributed by atoms with Crippen LogP contribution >= 0.6 is 0 Å². The third kappa shape index (κ3) is 10.4. The highest BCUT2D eigenvalue weighted by Crippen LogP contribution is 2.38. The summed E-state index contributed by atoms with van der Waals surface area (Å²) in [5.41, 5.74) is 0.0567. The molecule has 0 amide bonds. The topological polar surface area (TPSA) is 80.3 Å². The molecule has 8 heteroatoms. The average molecular weight is 744 g/mol. The summed E-state index contributed by atoms with van der Waals surface area (Å²) in [4.78, 5) is 27.6. The molecule has 0 aliphatic rings. The molecule has 0 N–H and O–H groups in total. The first-order valence-corrected chi connectivity index (χ1v) is 19.3. The van der Waals surface area contributed by atoms with Gasteiger partial charge in [0.2, 0.25) is 4.90 Å². The number of carbonyl (C=O) groups excluding carboxylic acids is 2. The van der Waals surface area contributed by atoms with Crippen LogP contribution in [0.1, 0.15) is 47.1 Å². The summed E-state index contributed by atoms with van der Waals surface area (Å²) in [7, 11) is -0.600. The van der Waals surface area contributed by atoms with E-state index in [0.717, 1.165) is 26.9 Å². The number of carbonyl (C=O) groups is 2. The monoisotopic (exact) mass is 743 g/mol. The first kappa shape index (κ1) is 38.3. The van der Waals surface area contributed by atoms with Crippen molar-refractivity contribution in [2.75, 3.05) is 19.8 Å². The van der Waals surface area contributed by atoms with E-state index in [1.807, 2.05) is 108 Å². The number of ether oxygens (including phenoxy) is 5. The fourth-order valence-electron chi connectivity index (χ4n) is 6.02. The standard InChI is InChI=1S/C46H47O7S/c1-45(2,3)52-43(47)30-50-36-18-22-38(23-19-36)54(39-24-20-37(21-25-39)51-31-44(48)53-46(4,5)6)42-17-10-9-16-41(42)49-27-26-32-14-11-15-35-28-33-12-7-8-13-34(33)29-40(32)35/h7-25,28-29H,26-27,30-31H2,1-6H3/q+1. The molecule has 278 valence electrons. The maximum absolute atomic E-state index is 12.3. The smallest absolute Gasteiger partial charge is 0.344 e. The molecule has 0 unspecified atom stereocenters. The van der Waals surface area contributed by atoms with Crippen molar-refractivity contribution in [3.63, 3.8) is 0 Å². The molecule has 0 heterocycles. The minimum absolute atomic E-state index is 0.184. The third-order valence-corrected chi connectivity index (χ3v) is 10.5. The van der Waals surface area contributed by atoms with Crippen molar-refractivity contribution in [2.45, 2.75) is 73.9 Å². The molecule has 0 radical (unpaired) electrons. The average Bonchev–Trinajstić information content (AvgIpc) is 3.13. The Bertz CT molecular complexity index is 2140. The Labute approximate surface area is 320 Å². The van der Waals surface area contributed by atoms with Crippen LogP contribution in [0.5, 0.6) is 17.2 Å². The second-order valence-corrected chi connectivity index (χ2v) is 16.9. The van der Waals surface area contributed by atoms with Gasteiger partial charge in [0.25, 0.3) is 0 Å². The molecule has 0 bridgehead atoms. The van der Waals surface area contributed by atoms with Gasteiger partial charge in [-0.05, 0) is 141 Å². The van der Waals surface area contributed by atoms with Crippen LogP contribution in [0.3, 0.4) is 0 Å². The molecule has 0 atom stereocenters. The maximum atomic E-state index is 12.3. The van der Waals surface area contributed by atoms with Crippen molar-refractivity contribution in [1.82, 2.24) is 0 Å². The number of rotatable bonds is 13. The molecule has 0 aromatic heterocycles. The van der Waals surface area contributed by atoms with E-state index >= 15 is 0 Å². The minimum Gasteiger partial charge on any atom is -0.488 e. The van der Waals surface area contributed by atoms with Gasteiger partial charge in [0.15, 0.2) is 28.8 Å². The third-order valence-electron chi connectivity index (χ3n) is 8.21. The highest BCUT2D eigenvalue weighted by Gasteiger charge is 2.32. The van der Waals surface area contributed by atoms with Crippen molar-refractivity contribution in [3.8, 4) is 17.2 Å². The number of para-hydroxylation sites is 1. The maximum Gasteiger partial charge on any atom is 0.344 e. The Balaban J connectivity index is 1.24. The van der Waals surface area contributed by atoms with E-state index in [1.54, 1.807) is 0 Å². The Morgan fingerprint density at radius 2 is 1.04 bits per heavy atom. The summed E-state index contributed by atoms with van der Waals surface area (Å²) in [5, 5.41) is 4.89. The zero-order chi connectivity index (χ0) is 38.3. The van der Waals surface area contributed by atoms with E-state index in [0.29, 0.717) is 18.1 Å². The van der Waals surface area contributed by atoms with Gasteiger partial charge in [0.1, 0.15) is 33.6 Å². The Morgan fingerprint density at radius 3 is 1.59 bits per heavy atom. The van der Waals surface area contributed by atoms with E-state index in [-0.39, 0.29) is 13.2 Å². The fourth-order valence-corrected chi connectivity index (χ4v) is 8.16. The molecular weight excluding hydrogens is 697 g/mol. The Hall–Kier alpha value is -5.47. The van der Waals surface area contributed by atoms with Gasteiger partial charge < -0.3 is 23.7 Å². The van der Waals surface area contributed by atoms with Crippen molar-refractivity contribution < 1.29 is 33.3 Å². The first-order valence-electron chi connectivity index (χ1n) is 18.1. The molecule has 0 fully saturated rings. The minimum atomic E-state index is -0.600. The van der Waals surface area contributed by atoms with Crippen molar-refractivity contribution >= 4 is 44.4 Å². The van der Waals surface area contributed by atoms with E-state index in [1.165, 1.54) is 27.1 Å². The second kappa shape index (κ2) is 16.7. The molecule has 6 aromatic rings. The predicted molar refractivity (Wildman–Crippen MR) is 215 cm³/mol. The van der Waals surface area contributed by atoms with Crippen LogP contribution in [-0.2, 0) is 36.4 Å². The van der Waals surface area contributed by atoms with Crippen LogP contribution in [0.4, 0.5) is 0 Å². The molecule has 6 aromatic carbocycles. The van der Waals surface area contributed by atoms with Crippen LogP contribution in [0, 0.1) is 0 Å². The quantitative estimate of drug-likeness (QED) is 0.0662. The zero-order valence-electron chi connectivity index (χ0n) is 31.7. The molecule has 54 heavy (non-hydrogen) atoms. The van der Waals surface area contributed by atoms with Gasteiger partial charge in [-0.25, -0.2) is 9.59 Å². The second-order valence-electron chi connectivity index (χ2n) is 14.9. The lowest BCUT2D eigenvalue weighted by atomic mass is 9.98. The van der Waals surface area contributed by atoms with E-state index in [4.69, 9.17) is 23.7 Å². The highest BCUT2D eigenvalue weighted by atomic mass is 32.2. The van der Waals surface area contributed by atoms with Gasteiger partial charge in [-0.3, -0.25) is 0 Å². The van der Waals surface area contributed by atoms with Crippen LogP contribution in [0.2, 0.25) is 0 Å². The van der Waals surface area contributed by atoms with E-state index < -0.39 is 34.0 Å². The molecule has 0 aliphatic heterocycles. The predicted octanol–water partition coefficient (Wildman–Crippen LogP) is 10.2. The largest absolute Gasteiger partial charge is 0.488 e. The molecule has 0 saturated carbocycles. The van der Waals surface area contributed by atoms with Crippen LogP contribution in [-0.4, -0.2) is 43.0 Å². The molecule has 0 saturated heterocycles. The normalized spacial score (nSPS) is 11.8. The lowest BCUT2D eigenvalue weighted by Crippen LogP contribution is -2.27. The molecule has 0 spiro atoms. The number of benzene rings is 6. The van der Waals surface area contributed by atoms with Gasteiger partial charge in [0, 0.05) is 6.42 Å². The molecular formula is C46H47O7S+. The van der Waals surface area contributed by atoms with Crippen LogP contribution in [0.25, 0.3) is 21.5 Å². The van der Waals surface area contributed by atoms with Gasteiger partial charge >= 0.3 is 11.9 Å². The zero-order valence-corrected chi connectivity index (χ0v) is 32.5. The van der Waals surface area contributed by atoms with E-state index in [9.17, 15) is 9.59 Å². The number of esters is 2. The molecule has 7 nitrogen and oxygen atoms in total. The van der Waals surface area contributed by atoms with Crippen LogP contribution in [0.15, 0.2) is 142 Å². The number of hydrogen-bond acceptors (Lipinski definition) is 7. The van der Waals surface area contributed by atoms with E-state index in [2.05, 4.69) is 60.7 Å².